The summed E-state index contributed by atoms with van der Waals surface area (Å²) in [6, 6.07) is 12.5. The molecular formula is C18H20ClNO3. The summed E-state index contributed by atoms with van der Waals surface area (Å²) in [5.41, 5.74) is 1.41. The molecule has 0 aliphatic heterocycles. The molecule has 0 spiro atoms. The summed E-state index contributed by atoms with van der Waals surface area (Å²) in [4.78, 5) is 12.0. The second-order valence-corrected chi connectivity index (χ2v) is 5.29. The normalized spacial score (nSPS) is 10.2. The van der Waals surface area contributed by atoms with Crippen molar-refractivity contribution in [3.63, 3.8) is 0 Å². The number of hydrogen-bond acceptors (Lipinski definition) is 3. The zero-order chi connectivity index (χ0) is 16.7. The first kappa shape index (κ1) is 17.2. The van der Waals surface area contributed by atoms with E-state index in [2.05, 4.69) is 5.32 Å². The third-order valence-corrected chi connectivity index (χ3v) is 3.42. The first-order chi connectivity index (χ1) is 11.1. The lowest BCUT2D eigenvalue weighted by Crippen LogP contribution is -2.22. The van der Waals surface area contributed by atoms with Crippen molar-refractivity contribution in [2.45, 2.75) is 20.5 Å². The average molecular weight is 334 g/mol. The molecule has 0 aromatic heterocycles. The number of rotatable bonds is 7. The summed E-state index contributed by atoms with van der Waals surface area (Å²) in [6.07, 6.45) is 0. The van der Waals surface area contributed by atoms with Crippen LogP contribution in [0.1, 0.15) is 29.8 Å². The molecule has 0 atom stereocenters. The van der Waals surface area contributed by atoms with Crippen LogP contribution in [0.2, 0.25) is 5.02 Å². The second-order valence-electron chi connectivity index (χ2n) is 4.86. The molecule has 2 aromatic rings. The van der Waals surface area contributed by atoms with E-state index < -0.39 is 0 Å². The molecule has 0 bridgehead atoms. The molecule has 2 aromatic carbocycles. The van der Waals surface area contributed by atoms with Gasteiger partial charge in [0.2, 0.25) is 0 Å². The topological polar surface area (TPSA) is 47.6 Å². The summed E-state index contributed by atoms with van der Waals surface area (Å²) in [5, 5.41) is 3.44. The second kappa shape index (κ2) is 8.44. The average Bonchev–Trinajstić information content (AvgIpc) is 2.56. The van der Waals surface area contributed by atoms with Gasteiger partial charge in [-0.15, -0.1) is 0 Å². The van der Waals surface area contributed by atoms with Crippen LogP contribution in [0.15, 0.2) is 42.5 Å². The van der Waals surface area contributed by atoms with Crippen LogP contribution >= 0.6 is 11.6 Å². The molecule has 1 N–H and O–H groups in total. The Bertz CT molecular complexity index is 656. The SMILES string of the molecule is CCNC(=O)c1ccc(OCC)c(COc2ccc(Cl)cc2)c1. The van der Waals surface area contributed by atoms with E-state index >= 15 is 0 Å². The van der Waals surface area contributed by atoms with Gasteiger partial charge < -0.3 is 14.8 Å². The van der Waals surface area contributed by atoms with Crippen molar-refractivity contribution in [1.29, 1.82) is 0 Å². The van der Waals surface area contributed by atoms with Crippen molar-refractivity contribution in [2.75, 3.05) is 13.2 Å². The van der Waals surface area contributed by atoms with Crippen LogP contribution in [0.25, 0.3) is 0 Å². The molecule has 122 valence electrons. The summed E-state index contributed by atoms with van der Waals surface area (Å²) in [7, 11) is 0. The summed E-state index contributed by atoms with van der Waals surface area (Å²) in [5.74, 6) is 1.32. The van der Waals surface area contributed by atoms with Crippen LogP contribution in [-0.2, 0) is 6.61 Å². The van der Waals surface area contributed by atoms with E-state index in [1.54, 1.807) is 42.5 Å². The molecule has 0 aliphatic carbocycles. The predicted molar refractivity (Wildman–Crippen MR) is 91.4 cm³/mol. The number of nitrogens with one attached hydrogen (secondary N) is 1. The maximum atomic E-state index is 12.0. The molecule has 2 rings (SSSR count). The van der Waals surface area contributed by atoms with Crippen molar-refractivity contribution in [1.82, 2.24) is 5.32 Å². The number of carbonyl (C=O) groups is 1. The molecule has 1 amide bonds. The highest BCUT2D eigenvalue weighted by Gasteiger charge is 2.11. The Balaban J connectivity index is 2.17. The summed E-state index contributed by atoms with van der Waals surface area (Å²) in [6.45, 7) is 5.25. The Kier molecular flexibility index (Phi) is 6.29. The van der Waals surface area contributed by atoms with Crippen molar-refractivity contribution in [2.24, 2.45) is 0 Å². The van der Waals surface area contributed by atoms with E-state index in [9.17, 15) is 4.79 Å². The van der Waals surface area contributed by atoms with Gasteiger partial charge in [0.15, 0.2) is 0 Å². The minimum absolute atomic E-state index is 0.108. The van der Waals surface area contributed by atoms with Gasteiger partial charge in [-0.05, 0) is 56.3 Å². The zero-order valence-corrected chi connectivity index (χ0v) is 14.0. The minimum atomic E-state index is -0.108. The molecule has 5 heteroatoms. The Morgan fingerprint density at radius 3 is 2.48 bits per heavy atom. The lowest BCUT2D eigenvalue weighted by molar-refractivity contribution is 0.0955. The fourth-order valence-electron chi connectivity index (χ4n) is 2.08. The fraction of sp³-hybridized carbons (Fsp3) is 0.278. The van der Waals surface area contributed by atoms with Gasteiger partial charge in [-0.1, -0.05) is 11.6 Å². The van der Waals surface area contributed by atoms with Gasteiger partial charge in [-0.25, -0.2) is 0 Å². The van der Waals surface area contributed by atoms with E-state index in [-0.39, 0.29) is 5.91 Å². The monoisotopic (exact) mass is 333 g/mol. The van der Waals surface area contributed by atoms with Crippen molar-refractivity contribution in [3.8, 4) is 11.5 Å². The Hall–Kier alpha value is -2.20. The first-order valence-electron chi connectivity index (χ1n) is 7.56. The van der Waals surface area contributed by atoms with Gasteiger partial charge in [0.1, 0.15) is 18.1 Å². The van der Waals surface area contributed by atoms with Crippen molar-refractivity contribution < 1.29 is 14.3 Å². The molecule has 0 aliphatic rings. The minimum Gasteiger partial charge on any atom is -0.493 e. The van der Waals surface area contributed by atoms with Crippen LogP contribution in [0.4, 0.5) is 0 Å². The lowest BCUT2D eigenvalue weighted by Gasteiger charge is -2.13. The summed E-state index contributed by atoms with van der Waals surface area (Å²) < 4.78 is 11.4. The first-order valence-corrected chi connectivity index (χ1v) is 7.94. The quantitative estimate of drug-likeness (QED) is 0.831. The van der Waals surface area contributed by atoms with E-state index in [1.165, 1.54) is 0 Å². The maximum Gasteiger partial charge on any atom is 0.251 e. The molecule has 23 heavy (non-hydrogen) atoms. The molecule has 0 fully saturated rings. The highest BCUT2D eigenvalue weighted by Crippen LogP contribution is 2.23. The van der Waals surface area contributed by atoms with E-state index in [1.807, 2.05) is 13.8 Å². The largest absolute Gasteiger partial charge is 0.493 e. The standard InChI is InChI=1S/C18H20ClNO3/c1-3-20-18(21)13-5-10-17(22-4-2)14(11-13)12-23-16-8-6-15(19)7-9-16/h5-11H,3-4,12H2,1-2H3,(H,20,21). The van der Waals surface area contributed by atoms with E-state index in [4.69, 9.17) is 21.1 Å². The number of halogens is 1. The van der Waals surface area contributed by atoms with Gasteiger partial charge >= 0.3 is 0 Å². The zero-order valence-electron chi connectivity index (χ0n) is 13.3. The van der Waals surface area contributed by atoms with Crippen LogP contribution < -0.4 is 14.8 Å². The third kappa shape index (κ3) is 4.89. The Morgan fingerprint density at radius 2 is 1.83 bits per heavy atom. The molecule has 0 saturated carbocycles. The number of benzene rings is 2. The number of amides is 1. The molecule has 0 radical (unpaired) electrons. The maximum absolute atomic E-state index is 12.0. The molecular weight excluding hydrogens is 314 g/mol. The Labute approximate surface area is 141 Å². The van der Waals surface area contributed by atoms with Gasteiger partial charge in [0, 0.05) is 22.7 Å². The molecule has 4 nitrogen and oxygen atoms in total. The highest BCUT2D eigenvalue weighted by atomic mass is 35.5. The number of hydrogen-bond donors (Lipinski definition) is 1. The summed E-state index contributed by atoms with van der Waals surface area (Å²) >= 11 is 5.86. The smallest absolute Gasteiger partial charge is 0.251 e. The van der Waals surface area contributed by atoms with Crippen LogP contribution in [0.3, 0.4) is 0 Å². The van der Waals surface area contributed by atoms with Gasteiger partial charge in [-0.2, -0.15) is 0 Å². The number of carbonyl (C=O) groups excluding carboxylic acids is 1. The van der Waals surface area contributed by atoms with E-state index in [0.717, 1.165) is 11.3 Å². The van der Waals surface area contributed by atoms with Crippen LogP contribution in [0.5, 0.6) is 11.5 Å². The number of ether oxygens (including phenoxy) is 2. The molecule has 0 unspecified atom stereocenters. The van der Waals surface area contributed by atoms with Crippen molar-refractivity contribution >= 4 is 17.5 Å². The molecule has 0 saturated heterocycles. The van der Waals surface area contributed by atoms with Crippen molar-refractivity contribution in [3.05, 3.63) is 58.6 Å². The van der Waals surface area contributed by atoms with Crippen LogP contribution in [0, 0.1) is 0 Å². The Morgan fingerprint density at radius 1 is 1.09 bits per heavy atom. The van der Waals surface area contributed by atoms with E-state index in [0.29, 0.717) is 36.1 Å². The molecule has 0 heterocycles. The van der Waals surface area contributed by atoms with Gasteiger partial charge in [0.25, 0.3) is 5.91 Å². The fourth-order valence-corrected chi connectivity index (χ4v) is 2.21. The van der Waals surface area contributed by atoms with Gasteiger partial charge in [-0.3, -0.25) is 4.79 Å². The highest BCUT2D eigenvalue weighted by molar-refractivity contribution is 6.30. The lowest BCUT2D eigenvalue weighted by atomic mass is 10.1. The van der Waals surface area contributed by atoms with Crippen LogP contribution in [-0.4, -0.2) is 19.1 Å². The third-order valence-electron chi connectivity index (χ3n) is 3.17. The predicted octanol–water partition coefficient (Wildman–Crippen LogP) is 4.07. The van der Waals surface area contributed by atoms with Gasteiger partial charge in [0.05, 0.1) is 6.61 Å².